The average Bonchev–Trinajstić information content (AvgIpc) is 2.37. The van der Waals surface area contributed by atoms with Crippen molar-refractivity contribution in [3.8, 4) is 0 Å². The van der Waals surface area contributed by atoms with Gasteiger partial charge in [-0.05, 0) is 24.6 Å². The zero-order valence-electron chi connectivity index (χ0n) is 10.9. The highest BCUT2D eigenvalue weighted by Gasteiger charge is 2.33. The van der Waals surface area contributed by atoms with Crippen LogP contribution in [0.5, 0.6) is 0 Å². The molecule has 4 nitrogen and oxygen atoms in total. The van der Waals surface area contributed by atoms with E-state index < -0.39 is 17.8 Å². The van der Waals surface area contributed by atoms with Gasteiger partial charge in [0.05, 0.1) is 0 Å². The number of hydrogen-bond donors (Lipinski definition) is 2. The van der Waals surface area contributed by atoms with Gasteiger partial charge in [0.1, 0.15) is 5.82 Å². The SMILES string of the molecule is CC(Nc1cc(C(F)(F)F)nc(N)n1)c1cccc(Cl)c1. The minimum Gasteiger partial charge on any atom is -0.368 e. The van der Waals surface area contributed by atoms with Crippen molar-refractivity contribution < 1.29 is 13.2 Å². The number of alkyl halides is 3. The summed E-state index contributed by atoms with van der Waals surface area (Å²) in [5, 5.41) is 3.39. The molecule has 0 aliphatic carbocycles. The highest BCUT2D eigenvalue weighted by atomic mass is 35.5. The molecule has 0 bridgehead atoms. The number of hydrogen-bond acceptors (Lipinski definition) is 4. The smallest absolute Gasteiger partial charge is 0.368 e. The molecule has 21 heavy (non-hydrogen) atoms. The Kier molecular flexibility index (Phi) is 4.22. The van der Waals surface area contributed by atoms with E-state index in [1.807, 2.05) is 0 Å². The van der Waals surface area contributed by atoms with Crippen LogP contribution in [0.4, 0.5) is 24.9 Å². The van der Waals surface area contributed by atoms with E-state index in [-0.39, 0.29) is 11.9 Å². The number of halogens is 4. The summed E-state index contributed by atoms with van der Waals surface area (Å²) in [5.41, 5.74) is 5.04. The lowest BCUT2D eigenvalue weighted by molar-refractivity contribution is -0.141. The Morgan fingerprint density at radius 3 is 2.57 bits per heavy atom. The van der Waals surface area contributed by atoms with Gasteiger partial charge < -0.3 is 11.1 Å². The van der Waals surface area contributed by atoms with Crippen LogP contribution >= 0.6 is 11.6 Å². The van der Waals surface area contributed by atoms with Crippen molar-refractivity contribution in [1.82, 2.24) is 9.97 Å². The third-order valence-corrected chi connectivity index (χ3v) is 2.98. The number of anilines is 2. The molecule has 0 fully saturated rings. The number of nitrogen functional groups attached to an aromatic ring is 1. The molecule has 1 unspecified atom stereocenters. The van der Waals surface area contributed by atoms with Crippen molar-refractivity contribution in [3.05, 3.63) is 46.6 Å². The molecule has 0 radical (unpaired) electrons. The zero-order chi connectivity index (χ0) is 15.6. The van der Waals surface area contributed by atoms with Crippen LogP contribution in [0.15, 0.2) is 30.3 Å². The summed E-state index contributed by atoms with van der Waals surface area (Å²) in [6.45, 7) is 1.78. The molecule has 0 spiro atoms. The molecular weight excluding hydrogens is 305 g/mol. The molecule has 1 aromatic carbocycles. The van der Waals surface area contributed by atoms with Gasteiger partial charge in [-0.25, -0.2) is 4.98 Å². The van der Waals surface area contributed by atoms with Gasteiger partial charge >= 0.3 is 6.18 Å². The fourth-order valence-corrected chi connectivity index (χ4v) is 1.96. The number of aromatic nitrogens is 2. The summed E-state index contributed by atoms with van der Waals surface area (Å²) in [7, 11) is 0. The van der Waals surface area contributed by atoms with Gasteiger partial charge in [-0.2, -0.15) is 18.2 Å². The number of nitrogens with two attached hydrogens (primary N) is 1. The van der Waals surface area contributed by atoms with Gasteiger partial charge in [-0.15, -0.1) is 0 Å². The van der Waals surface area contributed by atoms with E-state index in [1.54, 1.807) is 31.2 Å². The van der Waals surface area contributed by atoms with Gasteiger partial charge in [0, 0.05) is 17.1 Å². The Hall–Kier alpha value is -2.02. The summed E-state index contributed by atoms with van der Waals surface area (Å²) in [4.78, 5) is 6.94. The summed E-state index contributed by atoms with van der Waals surface area (Å²) < 4.78 is 38.0. The summed E-state index contributed by atoms with van der Waals surface area (Å²) >= 11 is 5.88. The first-order valence-corrected chi connectivity index (χ1v) is 6.37. The number of rotatable bonds is 3. The van der Waals surface area contributed by atoms with Crippen LogP contribution < -0.4 is 11.1 Å². The van der Waals surface area contributed by atoms with Gasteiger partial charge in [0.15, 0.2) is 5.69 Å². The second-order valence-corrected chi connectivity index (χ2v) is 4.85. The largest absolute Gasteiger partial charge is 0.433 e. The van der Waals surface area contributed by atoms with Crippen molar-refractivity contribution in [2.24, 2.45) is 0 Å². The van der Waals surface area contributed by atoms with Gasteiger partial charge in [-0.1, -0.05) is 23.7 Å². The maximum atomic E-state index is 12.7. The predicted octanol–water partition coefficient (Wildman–Crippen LogP) is 3.90. The van der Waals surface area contributed by atoms with E-state index in [4.69, 9.17) is 17.3 Å². The third-order valence-electron chi connectivity index (χ3n) is 2.75. The topological polar surface area (TPSA) is 63.8 Å². The Labute approximate surface area is 124 Å². The second kappa shape index (κ2) is 5.77. The van der Waals surface area contributed by atoms with Crippen LogP contribution in [0.2, 0.25) is 5.02 Å². The Balaban J connectivity index is 2.25. The molecule has 3 N–H and O–H groups in total. The van der Waals surface area contributed by atoms with E-state index in [9.17, 15) is 13.2 Å². The molecule has 1 atom stereocenters. The first-order valence-electron chi connectivity index (χ1n) is 5.99. The van der Waals surface area contributed by atoms with Crippen molar-refractivity contribution in [3.63, 3.8) is 0 Å². The molecule has 0 saturated carbocycles. The van der Waals surface area contributed by atoms with Crippen LogP contribution in [0.3, 0.4) is 0 Å². The first kappa shape index (κ1) is 15.4. The first-order chi connectivity index (χ1) is 9.75. The van der Waals surface area contributed by atoms with Crippen molar-refractivity contribution >= 4 is 23.4 Å². The van der Waals surface area contributed by atoms with Crippen LogP contribution in [0.25, 0.3) is 0 Å². The van der Waals surface area contributed by atoms with Crippen molar-refractivity contribution in [1.29, 1.82) is 0 Å². The van der Waals surface area contributed by atoms with E-state index in [0.29, 0.717) is 5.02 Å². The molecule has 0 aliphatic heterocycles. The number of nitrogens with one attached hydrogen (secondary N) is 1. The van der Waals surface area contributed by atoms with E-state index in [1.165, 1.54) is 0 Å². The molecule has 8 heteroatoms. The van der Waals surface area contributed by atoms with Crippen molar-refractivity contribution in [2.75, 3.05) is 11.1 Å². The summed E-state index contributed by atoms with van der Waals surface area (Å²) in [5.74, 6) is -0.437. The highest BCUT2D eigenvalue weighted by molar-refractivity contribution is 6.30. The molecule has 1 heterocycles. The minimum absolute atomic E-state index is 0.00213. The van der Waals surface area contributed by atoms with Crippen LogP contribution in [-0.2, 0) is 6.18 Å². The normalized spacial score (nSPS) is 13.0. The summed E-state index contributed by atoms with van der Waals surface area (Å²) in [6, 6.07) is 7.51. The minimum atomic E-state index is -4.58. The quantitative estimate of drug-likeness (QED) is 0.901. The van der Waals surface area contributed by atoms with Crippen molar-refractivity contribution in [2.45, 2.75) is 19.1 Å². The Morgan fingerprint density at radius 1 is 1.24 bits per heavy atom. The fraction of sp³-hybridized carbons (Fsp3) is 0.231. The van der Waals surface area contributed by atoms with E-state index >= 15 is 0 Å². The maximum absolute atomic E-state index is 12.7. The summed E-state index contributed by atoms with van der Waals surface area (Å²) in [6.07, 6.45) is -4.58. The van der Waals surface area contributed by atoms with E-state index in [2.05, 4.69) is 15.3 Å². The molecule has 112 valence electrons. The third kappa shape index (κ3) is 3.98. The van der Waals surface area contributed by atoms with Gasteiger partial charge in [0.25, 0.3) is 0 Å². The van der Waals surface area contributed by atoms with Crippen LogP contribution in [0.1, 0.15) is 24.2 Å². The Bertz CT molecular complexity index is 646. The Morgan fingerprint density at radius 2 is 1.95 bits per heavy atom. The predicted molar refractivity (Wildman–Crippen MR) is 74.9 cm³/mol. The number of benzene rings is 1. The lowest BCUT2D eigenvalue weighted by Crippen LogP contribution is -2.14. The lowest BCUT2D eigenvalue weighted by atomic mass is 10.1. The average molecular weight is 317 g/mol. The van der Waals surface area contributed by atoms with Crippen LogP contribution in [0, 0.1) is 0 Å². The molecule has 1 aromatic heterocycles. The van der Waals surface area contributed by atoms with Gasteiger partial charge in [-0.3, -0.25) is 0 Å². The standard InChI is InChI=1S/C13H12ClF3N4/c1-7(8-3-2-4-9(14)5-8)19-11-6-10(13(15,16)17)20-12(18)21-11/h2-7H,1H3,(H3,18,19,20,21). The molecule has 0 aliphatic rings. The van der Waals surface area contributed by atoms with E-state index in [0.717, 1.165) is 11.6 Å². The number of nitrogens with zero attached hydrogens (tertiary/aromatic N) is 2. The molecule has 0 saturated heterocycles. The zero-order valence-corrected chi connectivity index (χ0v) is 11.7. The fourth-order valence-electron chi connectivity index (χ4n) is 1.77. The molecule has 2 aromatic rings. The molecule has 0 amide bonds. The monoisotopic (exact) mass is 316 g/mol. The van der Waals surface area contributed by atoms with Crippen LogP contribution in [-0.4, -0.2) is 9.97 Å². The molecule has 2 rings (SSSR count). The van der Waals surface area contributed by atoms with Gasteiger partial charge in [0.2, 0.25) is 5.95 Å². The lowest BCUT2D eigenvalue weighted by Gasteiger charge is -2.16. The molecular formula is C13H12ClF3N4. The second-order valence-electron chi connectivity index (χ2n) is 4.42. The highest BCUT2D eigenvalue weighted by Crippen LogP contribution is 2.30. The maximum Gasteiger partial charge on any atom is 0.433 e.